The molecule has 5 heteroatoms. The summed E-state index contributed by atoms with van der Waals surface area (Å²) in [6, 6.07) is 3.60. The highest BCUT2D eigenvalue weighted by Gasteiger charge is 2.21. The summed E-state index contributed by atoms with van der Waals surface area (Å²) in [6.07, 6.45) is 1.68. The molecule has 0 aromatic carbocycles. The van der Waals surface area contributed by atoms with Crippen molar-refractivity contribution in [3.8, 4) is 0 Å². The van der Waals surface area contributed by atoms with Gasteiger partial charge in [0.2, 0.25) is 0 Å². The number of nitrogens with zero attached hydrogens (tertiary/aromatic N) is 2. The summed E-state index contributed by atoms with van der Waals surface area (Å²) in [5.41, 5.74) is 1.28. The Morgan fingerprint density at radius 1 is 1.37 bits per heavy atom. The number of carbonyl (C=O) groups excluding carboxylic acids is 1. The molecule has 0 aliphatic rings. The van der Waals surface area contributed by atoms with Crippen LogP contribution in [0.2, 0.25) is 0 Å². The van der Waals surface area contributed by atoms with Crippen molar-refractivity contribution in [1.82, 2.24) is 15.2 Å². The first kappa shape index (κ1) is 15.4. The van der Waals surface area contributed by atoms with E-state index in [0.717, 1.165) is 12.2 Å². The predicted octanol–water partition coefficient (Wildman–Crippen LogP) is 1.58. The number of rotatable bonds is 6. The number of pyridine rings is 1. The van der Waals surface area contributed by atoms with Crippen LogP contribution in [0.25, 0.3) is 0 Å². The van der Waals surface area contributed by atoms with Gasteiger partial charge in [0.05, 0.1) is 11.9 Å². The molecule has 106 valence electrons. The Bertz CT molecular complexity index is 412. The van der Waals surface area contributed by atoms with E-state index in [4.69, 9.17) is 0 Å². The molecule has 0 unspecified atom stereocenters. The first-order valence-electron chi connectivity index (χ1n) is 6.52. The van der Waals surface area contributed by atoms with E-state index in [0.29, 0.717) is 12.2 Å². The van der Waals surface area contributed by atoms with Gasteiger partial charge in [-0.05, 0) is 47.0 Å². The van der Waals surface area contributed by atoms with Crippen LogP contribution >= 0.6 is 0 Å². The lowest BCUT2D eigenvalue weighted by atomic mass is 10.0. The third kappa shape index (κ3) is 4.52. The number of hydrogen-bond donors (Lipinski definition) is 2. The lowest BCUT2D eigenvalue weighted by molar-refractivity contribution is 0.0915. The number of hydrogen-bond acceptors (Lipinski definition) is 4. The van der Waals surface area contributed by atoms with Crippen LogP contribution in [0, 0.1) is 0 Å². The Morgan fingerprint density at radius 3 is 2.53 bits per heavy atom. The zero-order valence-electron chi connectivity index (χ0n) is 12.4. The molecule has 0 saturated heterocycles. The molecule has 1 amide bonds. The van der Waals surface area contributed by atoms with Crippen molar-refractivity contribution >= 4 is 11.6 Å². The van der Waals surface area contributed by atoms with Gasteiger partial charge in [-0.2, -0.15) is 0 Å². The van der Waals surface area contributed by atoms with E-state index >= 15 is 0 Å². The second-order valence-electron chi connectivity index (χ2n) is 5.35. The van der Waals surface area contributed by atoms with Crippen LogP contribution in [-0.4, -0.2) is 48.5 Å². The molecule has 1 aromatic rings. The van der Waals surface area contributed by atoms with Crippen LogP contribution in [0.5, 0.6) is 0 Å². The average molecular weight is 264 g/mol. The van der Waals surface area contributed by atoms with Crippen LogP contribution in [0.15, 0.2) is 18.3 Å². The highest BCUT2D eigenvalue weighted by Crippen LogP contribution is 2.09. The molecule has 0 saturated carbocycles. The molecule has 2 N–H and O–H groups in total. The number of amides is 1. The quantitative estimate of drug-likeness (QED) is 0.819. The molecule has 0 aliphatic heterocycles. The summed E-state index contributed by atoms with van der Waals surface area (Å²) in [5, 5.41) is 6.05. The first-order chi connectivity index (χ1) is 8.86. The summed E-state index contributed by atoms with van der Waals surface area (Å²) in [4.78, 5) is 18.2. The molecule has 0 fully saturated rings. The second-order valence-corrected chi connectivity index (χ2v) is 5.35. The van der Waals surface area contributed by atoms with E-state index in [1.54, 1.807) is 12.3 Å². The number of likely N-dealkylation sites (N-methyl/N-ethyl adjacent to an activating group) is 1. The molecule has 0 aliphatic carbocycles. The summed E-state index contributed by atoms with van der Waals surface area (Å²) in [5.74, 6) is -0.141. The zero-order valence-corrected chi connectivity index (χ0v) is 12.4. The maximum atomic E-state index is 12.0. The van der Waals surface area contributed by atoms with Crippen molar-refractivity contribution in [3.63, 3.8) is 0 Å². The Morgan fingerprint density at radius 2 is 2.05 bits per heavy atom. The predicted molar refractivity (Wildman–Crippen MR) is 78.5 cm³/mol. The number of anilines is 1. The van der Waals surface area contributed by atoms with Gasteiger partial charge in [-0.3, -0.25) is 4.79 Å². The second kappa shape index (κ2) is 6.52. The first-order valence-corrected chi connectivity index (χ1v) is 6.52. The molecule has 1 heterocycles. The van der Waals surface area contributed by atoms with Gasteiger partial charge in [-0.1, -0.05) is 0 Å². The SMILES string of the molecule is CCNc1ccc(C(=O)NCC(C)(C)N(C)C)nc1. The minimum Gasteiger partial charge on any atom is -0.384 e. The van der Waals surface area contributed by atoms with E-state index in [2.05, 4.69) is 34.4 Å². The normalized spacial score (nSPS) is 11.5. The van der Waals surface area contributed by atoms with Crippen LogP contribution in [0.4, 0.5) is 5.69 Å². The summed E-state index contributed by atoms with van der Waals surface area (Å²) < 4.78 is 0. The van der Waals surface area contributed by atoms with Gasteiger partial charge >= 0.3 is 0 Å². The smallest absolute Gasteiger partial charge is 0.269 e. The van der Waals surface area contributed by atoms with Gasteiger partial charge in [0.25, 0.3) is 5.91 Å². The van der Waals surface area contributed by atoms with Crippen molar-refractivity contribution in [3.05, 3.63) is 24.0 Å². The molecule has 1 rings (SSSR count). The Balaban J connectivity index is 2.59. The van der Waals surface area contributed by atoms with E-state index in [9.17, 15) is 4.79 Å². The zero-order chi connectivity index (χ0) is 14.5. The van der Waals surface area contributed by atoms with Crippen molar-refractivity contribution in [2.45, 2.75) is 26.3 Å². The van der Waals surface area contributed by atoms with Crippen LogP contribution in [-0.2, 0) is 0 Å². The lowest BCUT2D eigenvalue weighted by Crippen LogP contribution is -2.48. The fourth-order valence-corrected chi connectivity index (χ4v) is 1.38. The monoisotopic (exact) mass is 264 g/mol. The van der Waals surface area contributed by atoms with Gasteiger partial charge in [0.15, 0.2) is 0 Å². The summed E-state index contributed by atoms with van der Waals surface area (Å²) in [6.45, 7) is 7.59. The number of carbonyl (C=O) groups is 1. The van der Waals surface area contributed by atoms with Gasteiger partial charge in [0.1, 0.15) is 5.69 Å². The minimum atomic E-state index is -0.141. The average Bonchev–Trinajstić information content (AvgIpc) is 2.37. The standard InChI is InChI=1S/C14H24N4O/c1-6-15-11-7-8-12(16-9-11)13(19)17-10-14(2,3)18(4)5/h7-9,15H,6,10H2,1-5H3,(H,17,19). The van der Waals surface area contributed by atoms with Gasteiger partial charge in [0, 0.05) is 18.6 Å². The third-order valence-corrected chi connectivity index (χ3v) is 3.27. The minimum absolute atomic E-state index is 0.0840. The summed E-state index contributed by atoms with van der Waals surface area (Å²) >= 11 is 0. The van der Waals surface area contributed by atoms with Crippen LogP contribution in [0.3, 0.4) is 0 Å². The van der Waals surface area contributed by atoms with E-state index in [-0.39, 0.29) is 11.4 Å². The molecule has 5 nitrogen and oxygen atoms in total. The Kier molecular flexibility index (Phi) is 5.30. The van der Waals surface area contributed by atoms with Gasteiger partial charge < -0.3 is 15.5 Å². The molecule has 19 heavy (non-hydrogen) atoms. The Labute approximate surface area is 115 Å². The fourth-order valence-electron chi connectivity index (χ4n) is 1.38. The highest BCUT2D eigenvalue weighted by atomic mass is 16.1. The van der Waals surface area contributed by atoms with Crippen molar-refractivity contribution in [2.75, 3.05) is 32.5 Å². The van der Waals surface area contributed by atoms with E-state index in [1.807, 2.05) is 27.1 Å². The molecule has 0 radical (unpaired) electrons. The van der Waals surface area contributed by atoms with Crippen molar-refractivity contribution < 1.29 is 4.79 Å². The van der Waals surface area contributed by atoms with E-state index in [1.165, 1.54) is 0 Å². The van der Waals surface area contributed by atoms with Gasteiger partial charge in [-0.15, -0.1) is 0 Å². The molecule has 0 spiro atoms. The maximum Gasteiger partial charge on any atom is 0.269 e. The van der Waals surface area contributed by atoms with Crippen molar-refractivity contribution in [1.29, 1.82) is 0 Å². The van der Waals surface area contributed by atoms with Crippen molar-refractivity contribution in [2.24, 2.45) is 0 Å². The third-order valence-electron chi connectivity index (χ3n) is 3.27. The summed E-state index contributed by atoms with van der Waals surface area (Å²) in [7, 11) is 3.99. The largest absolute Gasteiger partial charge is 0.384 e. The van der Waals surface area contributed by atoms with Gasteiger partial charge in [-0.25, -0.2) is 4.98 Å². The van der Waals surface area contributed by atoms with Crippen LogP contribution in [0.1, 0.15) is 31.3 Å². The maximum absolute atomic E-state index is 12.0. The molecule has 1 aromatic heterocycles. The lowest BCUT2D eigenvalue weighted by Gasteiger charge is -2.32. The molecule has 0 bridgehead atoms. The number of nitrogens with one attached hydrogen (secondary N) is 2. The molecule has 0 atom stereocenters. The van der Waals surface area contributed by atoms with E-state index < -0.39 is 0 Å². The Hall–Kier alpha value is -1.62. The molecular weight excluding hydrogens is 240 g/mol. The molecular formula is C14H24N4O. The number of aromatic nitrogens is 1. The topological polar surface area (TPSA) is 57.3 Å². The fraction of sp³-hybridized carbons (Fsp3) is 0.571. The van der Waals surface area contributed by atoms with Crippen LogP contribution < -0.4 is 10.6 Å². The highest BCUT2D eigenvalue weighted by molar-refractivity contribution is 5.92.